The zero-order chi connectivity index (χ0) is 40.6. The number of alkyl carbamates (subject to hydrolysis) is 3. The summed E-state index contributed by atoms with van der Waals surface area (Å²) < 4.78 is 21.7. The highest BCUT2D eigenvalue weighted by atomic mass is 16.6. The monoisotopic (exact) mass is 764 g/mol. The maximum Gasteiger partial charge on any atom is 0.408 e. The topological polar surface area (TPSA) is 182 Å². The van der Waals surface area contributed by atoms with E-state index < -0.39 is 53.1 Å². The van der Waals surface area contributed by atoms with Gasteiger partial charge in [0.25, 0.3) is 0 Å². The summed E-state index contributed by atoms with van der Waals surface area (Å²) in [6.45, 7) is 18.2. The highest BCUT2D eigenvalue weighted by Gasteiger charge is 2.28. The smallest absolute Gasteiger partial charge is 0.408 e. The van der Waals surface area contributed by atoms with Gasteiger partial charge < -0.3 is 45.5 Å². The van der Waals surface area contributed by atoms with Gasteiger partial charge in [0.15, 0.2) is 0 Å². The maximum absolute atomic E-state index is 13.7. The molecule has 5 amide bonds. The number of rotatable bonds is 23. The summed E-state index contributed by atoms with van der Waals surface area (Å²) in [5.74, 6) is -0.851. The Kier molecular flexibility index (Phi) is 22.3. The van der Waals surface area contributed by atoms with Crippen LogP contribution in [0.5, 0.6) is 0 Å². The third kappa shape index (κ3) is 26.7. The van der Waals surface area contributed by atoms with E-state index in [2.05, 4.69) is 26.6 Å². The van der Waals surface area contributed by atoms with Crippen LogP contribution in [0.2, 0.25) is 0 Å². The molecule has 0 aromatic heterocycles. The molecule has 308 valence electrons. The third-order valence-corrected chi connectivity index (χ3v) is 7.44. The fourth-order valence-electron chi connectivity index (χ4n) is 5.00. The van der Waals surface area contributed by atoms with Gasteiger partial charge in [-0.1, -0.05) is 43.2 Å². The Hall–Kier alpha value is -4.07. The Balaban J connectivity index is 2.78. The SMILES string of the molecule is CC(C)(C)OC(=O)NCCCC[C@H](NC(=O)OC(C)(C)C)C(=O)N[C@H](CCCCNC(=O)OC(C)(C)C)C(=O)NCCCCCCOCc1ccccc1. The molecule has 0 saturated carbocycles. The summed E-state index contributed by atoms with van der Waals surface area (Å²) in [4.78, 5) is 63.8. The van der Waals surface area contributed by atoms with E-state index in [0.29, 0.717) is 65.0 Å². The van der Waals surface area contributed by atoms with Gasteiger partial charge in [-0.2, -0.15) is 0 Å². The molecular weight excluding hydrogens is 694 g/mol. The summed E-state index contributed by atoms with van der Waals surface area (Å²) >= 11 is 0. The predicted molar refractivity (Wildman–Crippen MR) is 209 cm³/mol. The molecule has 5 N–H and O–H groups in total. The minimum atomic E-state index is -0.991. The average molecular weight is 764 g/mol. The second-order valence-electron chi connectivity index (χ2n) is 16.4. The van der Waals surface area contributed by atoms with Crippen LogP contribution in [0, 0.1) is 0 Å². The standard InChI is InChI=1S/C40H69N5O9/c1-38(2,3)52-35(48)42-26-18-15-23-31(33(46)41-25-17-10-11-20-28-51-29-30-21-13-12-14-22-30)44-34(47)32(45-37(50)54-40(7,8)9)24-16-19-27-43-36(49)53-39(4,5)6/h12-14,21-22,31-32H,10-11,15-20,23-29H2,1-9H3,(H,41,46)(H,42,48)(H,43,49)(H,44,47)(H,45,50)/t31-,32+/m1/s1. The quantitative estimate of drug-likeness (QED) is 0.0602. The number of hydrogen-bond donors (Lipinski definition) is 5. The van der Waals surface area contributed by atoms with E-state index in [4.69, 9.17) is 18.9 Å². The van der Waals surface area contributed by atoms with Crippen molar-refractivity contribution in [2.75, 3.05) is 26.2 Å². The summed E-state index contributed by atoms with van der Waals surface area (Å²) in [6.07, 6.45) is 4.37. The molecule has 54 heavy (non-hydrogen) atoms. The molecule has 0 aliphatic rings. The molecule has 1 aromatic rings. The molecule has 0 heterocycles. The third-order valence-electron chi connectivity index (χ3n) is 7.44. The highest BCUT2D eigenvalue weighted by Crippen LogP contribution is 2.12. The lowest BCUT2D eigenvalue weighted by molar-refractivity contribution is -0.130. The molecule has 14 heteroatoms. The summed E-state index contributed by atoms with van der Waals surface area (Å²) in [5, 5.41) is 13.9. The number of ether oxygens (including phenoxy) is 4. The molecule has 0 bridgehead atoms. The molecule has 0 spiro atoms. The first-order valence-electron chi connectivity index (χ1n) is 19.4. The van der Waals surface area contributed by atoms with Crippen molar-refractivity contribution in [2.45, 2.75) is 162 Å². The van der Waals surface area contributed by atoms with E-state index in [1.807, 2.05) is 30.3 Å². The zero-order valence-electron chi connectivity index (χ0n) is 34.3. The Morgan fingerprint density at radius 1 is 0.519 bits per heavy atom. The summed E-state index contributed by atoms with van der Waals surface area (Å²) in [7, 11) is 0. The lowest BCUT2D eigenvalue weighted by atomic mass is 10.1. The van der Waals surface area contributed by atoms with Gasteiger partial charge in [0, 0.05) is 26.2 Å². The number of nitrogens with one attached hydrogen (secondary N) is 5. The van der Waals surface area contributed by atoms with Crippen LogP contribution < -0.4 is 26.6 Å². The number of unbranched alkanes of at least 4 members (excludes halogenated alkanes) is 5. The number of carbonyl (C=O) groups is 5. The number of benzene rings is 1. The molecule has 0 radical (unpaired) electrons. The molecule has 1 aromatic carbocycles. The minimum absolute atomic E-state index is 0.240. The molecule has 0 saturated heterocycles. The number of hydrogen-bond acceptors (Lipinski definition) is 9. The van der Waals surface area contributed by atoms with Crippen molar-refractivity contribution in [1.29, 1.82) is 0 Å². The second-order valence-corrected chi connectivity index (χ2v) is 16.4. The van der Waals surface area contributed by atoms with Crippen LogP contribution in [0.3, 0.4) is 0 Å². The van der Waals surface area contributed by atoms with Crippen molar-refractivity contribution in [3.8, 4) is 0 Å². The molecule has 0 fully saturated rings. The van der Waals surface area contributed by atoms with E-state index >= 15 is 0 Å². The van der Waals surface area contributed by atoms with Crippen LogP contribution in [-0.4, -0.2) is 85.2 Å². The second kappa shape index (κ2) is 25.1. The molecule has 1 rings (SSSR count). The molecule has 0 unspecified atom stereocenters. The number of carbonyl (C=O) groups excluding carboxylic acids is 5. The fraction of sp³-hybridized carbons (Fsp3) is 0.725. The first-order chi connectivity index (χ1) is 25.2. The van der Waals surface area contributed by atoms with E-state index in [-0.39, 0.29) is 12.3 Å². The van der Waals surface area contributed by atoms with Gasteiger partial charge in [-0.15, -0.1) is 0 Å². The van der Waals surface area contributed by atoms with Crippen LogP contribution in [0.15, 0.2) is 30.3 Å². The van der Waals surface area contributed by atoms with Gasteiger partial charge in [0.2, 0.25) is 11.8 Å². The van der Waals surface area contributed by atoms with E-state index in [0.717, 1.165) is 31.2 Å². The molecule has 14 nitrogen and oxygen atoms in total. The van der Waals surface area contributed by atoms with Gasteiger partial charge >= 0.3 is 18.3 Å². The molecule has 2 atom stereocenters. The zero-order valence-corrected chi connectivity index (χ0v) is 34.3. The van der Waals surface area contributed by atoms with Gasteiger partial charge in [0.1, 0.15) is 28.9 Å². The average Bonchev–Trinajstić information content (AvgIpc) is 3.04. The Morgan fingerprint density at radius 3 is 1.48 bits per heavy atom. The summed E-state index contributed by atoms with van der Waals surface area (Å²) in [6, 6.07) is 8.16. The normalized spacial score (nSPS) is 12.8. The lowest BCUT2D eigenvalue weighted by Gasteiger charge is -2.25. The lowest BCUT2D eigenvalue weighted by Crippen LogP contribution is -2.54. The molecule has 0 aliphatic heterocycles. The van der Waals surface area contributed by atoms with Crippen molar-refractivity contribution in [3.05, 3.63) is 35.9 Å². The van der Waals surface area contributed by atoms with Crippen LogP contribution in [0.4, 0.5) is 14.4 Å². The van der Waals surface area contributed by atoms with Gasteiger partial charge in [0.05, 0.1) is 6.61 Å². The first kappa shape index (κ1) is 48.0. The highest BCUT2D eigenvalue weighted by molar-refractivity contribution is 5.91. The largest absolute Gasteiger partial charge is 0.444 e. The molecule has 0 aliphatic carbocycles. The van der Waals surface area contributed by atoms with Gasteiger partial charge in [-0.05, 0) is 119 Å². The van der Waals surface area contributed by atoms with Gasteiger partial charge in [-0.3, -0.25) is 9.59 Å². The van der Waals surface area contributed by atoms with Crippen LogP contribution in [0.1, 0.15) is 132 Å². The van der Waals surface area contributed by atoms with Crippen molar-refractivity contribution in [2.24, 2.45) is 0 Å². The van der Waals surface area contributed by atoms with Crippen molar-refractivity contribution >= 4 is 30.1 Å². The van der Waals surface area contributed by atoms with E-state index in [1.54, 1.807) is 62.3 Å². The van der Waals surface area contributed by atoms with Crippen molar-refractivity contribution in [3.63, 3.8) is 0 Å². The predicted octanol–water partition coefficient (Wildman–Crippen LogP) is 6.65. The number of amides is 5. The molecular formula is C40H69N5O9. The minimum Gasteiger partial charge on any atom is -0.444 e. The van der Waals surface area contributed by atoms with Crippen LogP contribution in [0.25, 0.3) is 0 Å². The first-order valence-corrected chi connectivity index (χ1v) is 19.4. The van der Waals surface area contributed by atoms with Crippen molar-refractivity contribution in [1.82, 2.24) is 26.6 Å². The van der Waals surface area contributed by atoms with Gasteiger partial charge in [-0.25, -0.2) is 14.4 Å². The Morgan fingerprint density at radius 2 is 0.963 bits per heavy atom. The summed E-state index contributed by atoms with van der Waals surface area (Å²) in [5.41, 5.74) is -0.888. The van der Waals surface area contributed by atoms with Crippen molar-refractivity contribution < 1.29 is 42.9 Å². The van der Waals surface area contributed by atoms with E-state index in [1.165, 1.54) is 0 Å². The Bertz CT molecular complexity index is 1260. The van der Waals surface area contributed by atoms with Crippen LogP contribution in [-0.2, 0) is 35.1 Å². The van der Waals surface area contributed by atoms with Crippen LogP contribution >= 0.6 is 0 Å². The Labute approximate surface area is 323 Å². The van der Waals surface area contributed by atoms with E-state index in [9.17, 15) is 24.0 Å². The maximum atomic E-state index is 13.7. The fourth-order valence-corrected chi connectivity index (χ4v) is 5.00.